The van der Waals surface area contributed by atoms with Crippen LogP contribution in [0.4, 0.5) is 0 Å². The fourth-order valence-corrected chi connectivity index (χ4v) is 1.47. The van der Waals surface area contributed by atoms with Crippen molar-refractivity contribution in [3.8, 4) is 23.7 Å². The highest BCUT2D eigenvalue weighted by Gasteiger charge is 2.07. The third-order valence-corrected chi connectivity index (χ3v) is 2.27. The minimum Gasteiger partial charge on any atom is -0.339 e. The highest BCUT2D eigenvalue weighted by Crippen LogP contribution is 2.20. The molecule has 0 saturated heterocycles. The molecule has 4 heteroatoms. The van der Waals surface area contributed by atoms with Gasteiger partial charge in [-0.1, -0.05) is 28.9 Å². The Hall–Kier alpha value is -1.79. The van der Waals surface area contributed by atoms with E-state index < -0.39 is 0 Å². The van der Waals surface area contributed by atoms with E-state index in [1.165, 1.54) is 0 Å². The standard InChI is InChI=1S/C12H9ClN2O/c1-2-3-7-11-14-12(15-16-11)9-5-4-6-10(13)8-9/h1,4-6,8H,3,7H2. The molecule has 1 aromatic carbocycles. The molecule has 1 heterocycles. The summed E-state index contributed by atoms with van der Waals surface area (Å²) in [7, 11) is 0. The van der Waals surface area contributed by atoms with Gasteiger partial charge in [-0.2, -0.15) is 4.98 Å². The first-order chi connectivity index (χ1) is 7.79. The number of hydrogen-bond acceptors (Lipinski definition) is 3. The van der Waals surface area contributed by atoms with Crippen LogP contribution in [0.3, 0.4) is 0 Å². The summed E-state index contributed by atoms with van der Waals surface area (Å²) in [6.45, 7) is 0. The molecule has 0 unspecified atom stereocenters. The van der Waals surface area contributed by atoms with Gasteiger partial charge >= 0.3 is 0 Å². The van der Waals surface area contributed by atoms with Gasteiger partial charge in [0.05, 0.1) is 0 Å². The molecular weight excluding hydrogens is 224 g/mol. The second-order valence-electron chi connectivity index (χ2n) is 3.23. The Morgan fingerprint density at radius 1 is 1.44 bits per heavy atom. The van der Waals surface area contributed by atoms with Gasteiger partial charge in [0.1, 0.15) is 0 Å². The van der Waals surface area contributed by atoms with E-state index in [4.69, 9.17) is 22.5 Å². The summed E-state index contributed by atoms with van der Waals surface area (Å²) in [5.41, 5.74) is 0.836. The summed E-state index contributed by atoms with van der Waals surface area (Å²) in [6, 6.07) is 7.30. The van der Waals surface area contributed by atoms with Crippen molar-refractivity contribution in [2.24, 2.45) is 0 Å². The molecule has 1 aromatic heterocycles. The summed E-state index contributed by atoms with van der Waals surface area (Å²) in [5, 5.41) is 4.51. The number of halogens is 1. The third kappa shape index (κ3) is 2.41. The van der Waals surface area contributed by atoms with E-state index in [2.05, 4.69) is 16.1 Å². The molecule has 0 N–H and O–H groups in total. The topological polar surface area (TPSA) is 38.9 Å². The second kappa shape index (κ2) is 4.82. The summed E-state index contributed by atoms with van der Waals surface area (Å²) in [6.07, 6.45) is 6.35. The van der Waals surface area contributed by atoms with Crippen molar-refractivity contribution >= 4 is 11.6 Å². The van der Waals surface area contributed by atoms with Crippen molar-refractivity contribution < 1.29 is 4.52 Å². The predicted molar refractivity (Wildman–Crippen MR) is 61.9 cm³/mol. The number of rotatable bonds is 3. The zero-order chi connectivity index (χ0) is 11.4. The number of nitrogens with zero attached hydrogens (tertiary/aromatic N) is 2. The SMILES string of the molecule is C#CCCc1nc(-c2cccc(Cl)c2)no1. The minimum atomic E-state index is 0.537. The summed E-state index contributed by atoms with van der Waals surface area (Å²) in [5.74, 6) is 3.61. The zero-order valence-electron chi connectivity index (χ0n) is 8.48. The smallest absolute Gasteiger partial charge is 0.227 e. The molecule has 2 rings (SSSR count). The van der Waals surface area contributed by atoms with E-state index in [1.807, 2.05) is 12.1 Å². The van der Waals surface area contributed by atoms with Gasteiger partial charge in [-0.25, -0.2) is 0 Å². The van der Waals surface area contributed by atoms with Crippen molar-refractivity contribution in [2.75, 3.05) is 0 Å². The zero-order valence-corrected chi connectivity index (χ0v) is 9.24. The monoisotopic (exact) mass is 232 g/mol. The lowest BCUT2D eigenvalue weighted by molar-refractivity contribution is 0.380. The van der Waals surface area contributed by atoms with Crippen molar-refractivity contribution in [1.29, 1.82) is 0 Å². The number of hydrogen-bond donors (Lipinski definition) is 0. The molecule has 80 valence electrons. The lowest BCUT2D eigenvalue weighted by Gasteiger charge is -1.93. The van der Waals surface area contributed by atoms with Crippen molar-refractivity contribution in [3.63, 3.8) is 0 Å². The van der Waals surface area contributed by atoms with Crippen LogP contribution in [0.2, 0.25) is 5.02 Å². The van der Waals surface area contributed by atoms with Gasteiger partial charge in [-0.05, 0) is 12.1 Å². The van der Waals surface area contributed by atoms with Crippen LogP contribution in [0, 0.1) is 12.3 Å². The number of benzene rings is 1. The lowest BCUT2D eigenvalue weighted by atomic mass is 10.2. The molecule has 0 fully saturated rings. The van der Waals surface area contributed by atoms with Crippen LogP contribution < -0.4 is 0 Å². The van der Waals surface area contributed by atoms with Crippen LogP contribution >= 0.6 is 11.6 Å². The molecule has 3 nitrogen and oxygen atoms in total. The largest absolute Gasteiger partial charge is 0.339 e. The van der Waals surface area contributed by atoms with Gasteiger partial charge in [0, 0.05) is 23.4 Å². The van der Waals surface area contributed by atoms with Crippen LogP contribution in [0.1, 0.15) is 12.3 Å². The maximum absolute atomic E-state index is 5.87. The van der Waals surface area contributed by atoms with Crippen molar-refractivity contribution in [1.82, 2.24) is 10.1 Å². The molecule has 0 aliphatic rings. The molecule has 0 aliphatic carbocycles. The Labute approximate surface area is 98.4 Å². The number of aryl methyl sites for hydroxylation is 1. The van der Waals surface area contributed by atoms with Gasteiger partial charge in [-0.3, -0.25) is 0 Å². The lowest BCUT2D eigenvalue weighted by Crippen LogP contribution is -1.84. The van der Waals surface area contributed by atoms with Crippen LogP contribution in [0.5, 0.6) is 0 Å². The maximum atomic E-state index is 5.87. The highest BCUT2D eigenvalue weighted by molar-refractivity contribution is 6.30. The first kappa shape index (κ1) is 10.7. The van der Waals surface area contributed by atoms with Crippen molar-refractivity contribution in [2.45, 2.75) is 12.8 Å². The number of terminal acetylenes is 1. The Morgan fingerprint density at radius 3 is 3.06 bits per heavy atom. The van der Waals surface area contributed by atoms with E-state index in [9.17, 15) is 0 Å². The minimum absolute atomic E-state index is 0.537. The third-order valence-electron chi connectivity index (χ3n) is 2.03. The van der Waals surface area contributed by atoms with E-state index in [0.29, 0.717) is 29.6 Å². The van der Waals surface area contributed by atoms with Gasteiger partial charge in [0.15, 0.2) is 0 Å². The van der Waals surface area contributed by atoms with E-state index in [1.54, 1.807) is 12.1 Å². The normalized spacial score (nSPS) is 10.0. The fourth-order valence-electron chi connectivity index (χ4n) is 1.28. The molecule has 0 spiro atoms. The van der Waals surface area contributed by atoms with Crippen molar-refractivity contribution in [3.05, 3.63) is 35.2 Å². The van der Waals surface area contributed by atoms with Gasteiger partial charge in [0.25, 0.3) is 0 Å². The van der Waals surface area contributed by atoms with Crippen LogP contribution in [0.25, 0.3) is 11.4 Å². The van der Waals surface area contributed by atoms with E-state index in [-0.39, 0.29) is 0 Å². The Morgan fingerprint density at radius 2 is 2.31 bits per heavy atom. The first-order valence-corrected chi connectivity index (χ1v) is 5.19. The van der Waals surface area contributed by atoms with E-state index in [0.717, 1.165) is 5.56 Å². The van der Waals surface area contributed by atoms with Gasteiger partial charge in [0.2, 0.25) is 11.7 Å². The number of aromatic nitrogens is 2. The Bertz CT molecular complexity index is 528. The molecular formula is C12H9ClN2O. The molecule has 0 saturated carbocycles. The van der Waals surface area contributed by atoms with Crippen LogP contribution in [0.15, 0.2) is 28.8 Å². The fraction of sp³-hybridized carbons (Fsp3) is 0.167. The predicted octanol–water partition coefficient (Wildman–Crippen LogP) is 2.96. The first-order valence-electron chi connectivity index (χ1n) is 4.81. The average Bonchev–Trinajstić information content (AvgIpc) is 2.75. The molecule has 0 bridgehead atoms. The Balaban J connectivity index is 2.22. The molecule has 2 aromatic rings. The highest BCUT2D eigenvalue weighted by atomic mass is 35.5. The van der Waals surface area contributed by atoms with Crippen LogP contribution in [-0.4, -0.2) is 10.1 Å². The summed E-state index contributed by atoms with van der Waals surface area (Å²) < 4.78 is 5.06. The quantitative estimate of drug-likeness (QED) is 0.764. The molecule has 0 aliphatic heterocycles. The second-order valence-corrected chi connectivity index (χ2v) is 3.66. The summed E-state index contributed by atoms with van der Waals surface area (Å²) in [4.78, 5) is 4.23. The van der Waals surface area contributed by atoms with Gasteiger partial charge in [-0.15, -0.1) is 12.3 Å². The van der Waals surface area contributed by atoms with E-state index >= 15 is 0 Å². The molecule has 0 amide bonds. The van der Waals surface area contributed by atoms with Crippen LogP contribution in [-0.2, 0) is 6.42 Å². The molecule has 0 atom stereocenters. The molecule has 16 heavy (non-hydrogen) atoms. The summed E-state index contributed by atoms with van der Waals surface area (Å²) >= 11 is 5.87. The average molecular weight is 233 g/mol. The Kier molecular flexibility index (Phi) is 3.23. The maximum Gasteiger partial charge on any atom is 0.227 e. The molecule has 0 radical (unpaired) electrons. The van der Waals surface area contributed by atoms with Gasteiger partial charge < -0.3 is 4.52 Å².